The first-order valence-electron chi connectivity index (χ1n) is 14.0. The van der Waals surface area contributed by atoms with Gasteiger partial charge >= 0.3 is 0 Å². The monoisotopic (exact) mass is 580 g/mol. The summed E-state index contributed by atoms with van der Waals surface area (Å²) in [6.07, 6.45) is 2.50. The second-order valence-corrected chi connectivity index (χ2v) is 11.5. The smallest absolute Gasteiger partial charge is 0.218 e. The molecule has 3 aromatic heterocycles. The third-order valence-corrected chi connectivity index (χ3v) is 8.18. The van der Waals surface area contributed by atoms with Gasteiger partial charge in [-0.25, -0.2) is 15.0 Å². The van der Waals surface area contributed by atoms with Gasteiger partial charge in [0.25, 0.3) is 0 Å². The fraction of sp³-hybridized carbons (Fsp3) is 0.273. The minimum absolute atomic E-state index is 0.559. The zero-order chi connectivity index (χ0) is 29.4. The van der Waals surface area contributed by atoms with Crippen molar-refractivity contribution in [2.24, 2.45) is 0 Å². The molecule has 0 saturated carbocycles. The van der Waals surface area contributed by atoms with E-state index in [9.17, 15) is 5.11 Å². The number of aryl methyl sites for hydroxylation is 1. The van der Waals surface area contributed by atoms with Crippen LogP contribution >= 0.6 is 11.6 Å². The number of fused-ring (bicyclic) bond motifs is 1. The number of β-amino-alcohol motifs (C(OH)–C–C–N with tert-alkyl or cyclic N) is 1. The van der Waals surface area contributed by atoms with Gasteiger partial charge in [0.05, 0.1) is 28.9 Å². The highest BCUT2D eigenvalue weighted by Gasteiger charge is 2.31. The van der Waals surface area contributed by atoms with Crippen LogP contribution in [0, 0.1) is 13.8 Å². The molecule has 0 bridgehead atoms. The summed E-state index contributed by atoms with van der Waals surface area (Å²) in [6, 6.07) is 19.9. The number of aromatic nitrogens is 4. The predicted molar refractivity (Wildman–Crippen MR) is 167 cm³/mol. The number of aliphatic hydroxyl groups is 1. The summed E-state index contributed by atoms with van der Waals surface area (Å²) in [5.74, 6) is 1.89. The van der Waals surface area contributed by atoms with E-state index in [-0.39, 0.29) is 0 Å². The van der Waals surface area contributed by atoms with Crippen molar-refractivity contribution < 1.29 is 9.84 Å². The highest BCUT2D eigenvalue weighted by atomic mass is 35.5. The topological polar surface area (TPSA) is 96.3 Å². The molecular formula is C33H33ClN6O2. The molecule has 0 spiro atoms. The Morgan fingerprint density at radius 1 is 0.976 bits per heavy atom. The molecule has 0 aliphatic carbocycles. The second-order valence-electron chi connectivity index (χ2n) is 11.1. The summed E-state index contributed by atoms with van der Waals surface area (Å²) in [5.41, 5.74) is 7.22. The number of pyridine rings is 2. The Bertz CT molecular complexity index is 1790. The van der Waals surface area contributed by atoms with E-state index in [1.165, 1.54) is 0 Å². The van der Waals surface area contributed by atoms with E-state index in [2.05, 4.69) is 38.2 Å². The molecule has 1 fully saturated rings. The molecule has 1 atom stereocenters. The van der Waals surface area contributed by atoms with Crippen LogP contribution in [0.1, 0.15) is 30.3 Å². The average molecular weight is 581 g/mol. The Kier molecular flexibility index (Phi) is 7.53. The number of likely N-dealkylation sites (tertiary alicyclic amines) is 1. The number of nitrogens with one attached hydrogen (secondary N) is 1. The lowest BCUT2D eigenvalue weighted by Crippen LogP contribution is -2.29. The number of rotatable bonds is 7. The van der Waals surface area contributed by atoms with Crippen molar-refractivity contribution >= 4 is 34.1 Å². The molecule has 2 N–H and O–H groups in total. The molecule has 8 nitrogen and oxygen atoms in total. The molecule has 1 aliphatic rings. The first-order valence-corrected chi connectivity index (χ1v) is 14.3. The lowest BCUT2D eigenvalue weighted by molar-refractivity contribution is 0.0677. The standard InChI is InChI=1S/C33H33ClN6O2/c1-20-23(8-6-11-26(20)38-31-30-28(12-7-16-35-30)36-21(2)37-31)24-9-5-10-25(29(24)34)27-14-13-22(32(39-27)42-4)18-40-17-15-33(3,41)19-40/h5-14,16,41H,15,17-19H2,1-4H3,(H,36,37,38)/t33-/m1/s1. The molecular weight excluding hydrogens is 548 g/mol. The highest BCUT2D eigenvalue weighted by Crippen LogP contribution is 2.40. The van der Waals surface area contributed by atoms with Crippen molar-refractivity contribution in [2.45, 2.75) is 39.3 Å². The molecule has 0 unspecified atom stereocenters. The van der Waals surface area contributed by atoms with Crippen molar-refractivity contribution in [1.29, 1.82) is 0 Å². The lowest BCUT2D eigenvalue weighted by atomic mass is 9.96. The van der Waals surface area contributed by atoms with E-state index < -0.39 is 5.60 Å². The van der Waals surface area contributed by atoms with Gasteiger partial charge in [0.2, 0.25) is 5.88 Å². The van der Waals surface area contributed by atoms with Crippen LogP contribution in [0.3, 0.4) is 0 Å². The minimum Gasteiger partial charge on any atom is -0.481 e. The normalized spacial score (nSPS) is 17.1. The third-order valence-electron chi connectivity index (χ3n) is 7.78. The molecule has 0 radical (unpaired) electrons. The molecule has 1 saturated heterocycles. The Hall–Kier alpha value is -4.11. The van der Waals surface area contributed by atoms with Crippen LogP contribution in [0.25, 0.3) is 33.4 Å². The van der Waals surface area contributed by atoms with E-state index >= 15 is 0 Å². The maximum absolute atomic E-state index is 10.4. The molecule has 214 valence electrons. The van der Waals surface area contributed by atoms with Crippen molar-refractivity contribution in [1.82, 2.24) is 24.8 Å². The van der Waals surface area contributed by atoms with E-state index in [1.807, 2.05) is 68.4 Å². The van der Waals surface area contributed by atoms with Gasteiger partial charge in [0.15, 0.2) is 5.82 Å². The maximum Gasteiger partial charge on any atom is 0.218 e. The van der Waals surface area contributed by atoms with Gasteiger partial charge < -0.3 is 15.2 Å². The van der Waals surface area contributed by atoms with Crippen LogP contribution in [0.5, 0.6) is 5.88 Å². The number of benzene rings is 2. The summed E-state index contributed by atoms with van der Waals surface area (Å²) >= 11 is 7.10. The number of halogens is 1. The van der Waals surface area contributed by atoms with Crippen LogP contribution in [-0.2, 0) is 6.54 Å². The van der Waals surface area contributed by atoms with Gasteiger partial charge in [-0.15, -0.1) is 0 Å². The molecule has 6 rings (SSSR count). The van der Waals surface area contributed by atoms with E-state index in [4.69, 9.17) is 21.3 Å². The van der Waals surface area contributed by atoms with Crippen molar-refractivity contribution in [2.75, 3.05) is 25.5 Å². The van der Waals surface area contributed by atoms with Crippen LogP contribution in [0.2, 0.25) is 5.02 Å². The van der Waals surface area contributed by atoms with Crippen molar-refractivity contribution in [3.63, 3.8) is 0 Å². The largest absolute Gasteiger partial charge is 0.481 e. The van der Waals surface area contributed by atoms with Crippen LogP contribution < -0.4 is 10.1 Å². The number of hydrogen-bond donors (Lipinski definition) is 2. The fourth-order valence-corrected chi connectivity index (χ4v) is 5.95. The zero-order valence-corrected chi connectivity index (χ0v) is 24.9. The third kappa shape index (κ3) is 5.53. The van der Waals surface area contributed by atoms with Gasteiger partial charge in [-0.05, 0) is 62.6 Å². The fourth-order valence-electron chi connectivity index (χ4n) is 5.63. The van der Waals surface area contributed by atoms with Gasteiger partial charge in [-0.2, -0.15) is 0 Å². The van der Waals surface area contributed by atoms with Gasteiger partial charge in [-0.1, -0.05) is 48.0 Å². The number of ether oxygens (including phenoxy) is 1. The Labute approximate surface area is 250 Å². The van der Waals surface area contributed by atoms with E-state index in [1.54, 1.807) is 13.3 Å². The number of anilines is 2. The van der Waals surface area contributed by atoms with Gasteiger partial charge in [0.1, 0.15) is 11.3 Å². The SMILES string of the molecule is COc1nc(-c2cccc(-c3cccc(Nc4nc(C)nc5cccnc45)c3C)c2Cl)ccc1CN1CC[C@@](C)(O)C1. The zero-order valence-electron chi connectivity index (χ0n) is 24.1. The summed E-state index contributed by atoms with van der Waals surface area (Å²) in [5, 5.41) is 14.5. The molecule has 4 heterocycles. The van der Waals surface area contributed by atoms with Crippen molar-refractivity contribution in [3.05, 3.63) is 88.8 Å². The number of hydrogen-bond acceptors (Lipinski definition) is 8. The van der Waals surface area contributed by atoms with Crippen LogP contribution in [-0.4, -0.2) is 55.7 Å². The maximum atomic E-state index is 10.4. The van der Waals surface area contributed by atoms with Crippen LogP contribution in [0.15, 0.2) is 66.9 Å². The summed E-state index contributed by atoms with van der Waals surface area (Å²) in [6.45, 7) is 7.94. The van der Waals surface area contributed by atoms with Crippen LogP contribution in [0.4, 0.5) is 11.5 Å². The first kappa shape index (κ1) is 28.0. The summed E-state index contributed by atoms with van der Waals surface area (Å²) in [7, 11) is 1.63. The quantitative estimate of drug-likeness (QED) is 0.219. The molecule has 2 aromatic carbocycles. The van der Waals surface area contributed by atoms with Gasteiger partial charge in [-0.3, -0.25) is 9.88 Å². The Morgan fingerprint density at radius 3 is 2.55 bits per heavy atom. The molecule has 9 heteroatoms. The Morgan fingerprint density at radius 2 is 1.76 bits per heavy atom. The van der Waals surface area contributed by atoms with Crippen molar-refractivity contribution in [3.8, 4) is 28.3 Å². The van der Waals surface area contributed by atoms with E-state index in [0.717, 1.165) is 57.7 Å². The van der Waals surface area contributed by atoms with Gasteiger partial charge in [0, 0.05) is 48.2 Å². The predicted octanol–water partition coefficient (Wildman–Crippen LogP) is 6.73. The highest BCUT2D eigenvalue weighted by molar-refractivity contribution is 6.36. The number of methoxy groups -OCH3 is 1. The molecule has 1 aliphatic heterocycles. The second kappa shape index (κ2) is 11.3. The Balaban J connectivity index is 1.32. The molecule has 0 amide bonds. The average Bonchev–Trinajstić information content (AvgIpc) is 3.32. The summed E-state index contributed by atoms with van der Waals surface area (Å²) < 4.78 is 5.69. The summed E-state index contributed by atoms with van der Waals surface area (Å²) in [4.78, 5) is 20.7. The molecule has 5 aromatic rings. The number of nitrogens with zero attached hydrogens (tertiary/aromatic N) is 5. The lowest BCUT2D eigenvalue weighted by Gasteiger charge is -2.20. The minimum atomic E-state index is -0.655. The van der Waals surface area contributed by atoms with E-state index in [0.29, 0.717) is 41.2 Å². The first-order chi connectivity index (χ1) is 20.2. The molecule has 42 heavy (non-hydrogen) atoms.